The maximum Gasteiger partial charge on any atom is 0.347 e. The van der Waals surface area contributed by atoms with Crippen molar-refractivity contribution in [2.75, 3.05) is 24.5 Å². The van der Waals surface area contributed by atoms with Gasteiger partial charge in [0, 0.05) is 31.3 Å². The van der Waals surface area contributed by atoms with E-state index >= 15 is 0 Å². The van der Waals surface area contributed by atoms with Gasteiger partial charge in [0.1, 0.15) is 5.82 Å². The third kappa shape index (κ3) is 2.61. The van der Waals surface area contributed by atoms with Crippen LogP contribution in [-0.2, 0) is 6.42 Å². The van der Waals surface area contributed by atoms with E-state index in [1.54, 1.807) is 0 Å². The van der Waals surface area contributed by atoms with Gasteiger partial charge in [0.05, 0.1) is 0 Å². The summed E-state index contributed by atoms with van der Waals surface area (Å²) in [7, 11) is 0. The van der Waals surface area contributed by atoms with Crippen molar-refractivity contribution in [1.29, 1.82) is 0 Å². The molecule has 16 heavy (non-hydrogen) atoms. The Bertz CT molecular complexity index is 395. The summed E-state index contributed by atoms with van der Waals surface area (Å²) in [6.07, 6.45) is 4.33. The third-order valence-corrected chi connectivity index (χ3v) is 2.88. The minimum absolute atomic E-state index is 0.272. The number of hydrogen-bond acceptors (Lipinski definition) is 4. The number of piperidine rings is 1. The van der Waals surface area contributed by atoms with Crippen LogP contribution in [-0.4, -0.2) is 29.6 Å². The molecule has 0 atom stereocenters. The van der Waals surface area contributed by atoms with Gasteiger partial charge in [0.2, 0.25) is 0 Å². The average Bonchev–Trinajstić information content (AvgIpc) is 2.30. The van der Waals surface area contributed by atoms with Crippen molar-refractivity contribution in [2.24, 2.45) is 5.73 Å². The molecule has 2 heterocycles. The van der Waals surface area contributed by atoms with Crippen LogP contribution in [0.25, 0.3) is 0 Å². The first-order valence-electron chi connectivity index (χ1n) is 5.85. The number of aromatic amines is 1. The molecule has 2 rings (SSSR count). The summed E-state index contributed by atoms with van der Waals surface area (Å²) >= 11 is 0. The standard InChI is InChI=1S/C11H18N4O/c12-5-4-9-8-10(14-11(16)13-9)15-6-2-1-3-7-15/h8H,1-7,12H2,(H,13,14,16). The Balaban J connectivity index is 2.21. The van der Waals surface area contributed by atoms with Gasteiger partial charge < -0.3 is 15.6 Å². The molecule has 0 unspecified atom stereocenters. The zero-order valence-corrected chi connectivity index (χ0v) is 9.41. The Hall–Kier alpha value is -1.36. The molecule has 0 saturated carbocycles. The van der Waals surface area contributed by atoms with Crippen molar-refractivity contribution in [1.82, 2.24) is 9.97 Å². The predicted octanol–water partition coefficient (Wildman–Crippen LogP) is 0.261. The number of nitrogens with two attached hydrogens (primary N) is 1. The van der Waals surface area contributed by atoms with Crippen molar-refractivity contribution >= 4 is 5.82 Å². The Morgan fingerprint density at radius 3 is 2.81 bits per heavy atom. The fourth-order valence-electron chi connectivity index (χ4n) is 2.07. The van der Waals surface area contributed by atoms with E-state index in [1.165, 1.54) is 19.3 Å². The second-order valence-corrected chi connectivity index (χ2v) is 4.16. The van der Waals surface area contributed by atoms with E-state index in [2.05, 4.69) is 14.9 Å². The lowest BCUT2D eigenvalue weighted by molar-refractivity contribution is 0.572. The number of aromatic nitrogens is 2. The van der Waals surface area contributed by atoms with Crippen molar-refractivity contribution < 1.29 is 0 Å². The molecule has 1 aliphatic rings. The number of hydrogen-bond donors (Lipinski definition) is 2. The van der Waals surface area contributed by atoms with E-state index in [9.17, 15) is 4.79 Å². The maximum absolute atomic E-state index is 11.4. The van der Waals surface area contributed by atoms with Crippen molar-refractivity contribution in [3.63, 3.8) is 0 Å². The average molecular weight is 222 g/mol. The molecule has 0 spiro atoms. The quantitative estimate of drug-likeness (QED) is 0.769. The Kier molecular flexibility index (Phi) is 3.56. The first kappa shape index (κ1) is 11.1. The molecule has 1 aromatic heterocycles. The van der Waals surface area contributed by atoms with Crippen LogP contribution in [0.3, 0.4) is 0 Å². The van der Waals surface area contributed by atoms with E-state index in [0.29, 0.717) is 13.0 Å². The number of rotatable bonds is 3. The van der Waals surface area contributed by atoms with Crippen LogP contribution < -0.4 is 16.3 Å². The van der Waals surface area contributed by atoms with Crippen LogP contribution in [0.4, 0.5) is 5.82 Å². The van der Waals surface area contributed by atoms with Gasteiger partial charge in [0.15, 0.2) is 0 Å². The SMILES string of the molecule is NCCc1cc(N2CCCCC2)nc(=O)[nH]1. The molecule has 88 valence electrons. The molecule has 5 heteroatoms. The van der Waals surface area contributed by atoms with Gasteiger partial charge >= 0.3 is 5.69 Å². The first-order chi connectivity index (χ1) is 7.79. The lowest BCUT2D eigenvalue weighted by Crippen LogP contribution is -2.32. The van der Waals surface area contributed by atoms with Crippen LogP contribution in [0.15, 0.2) is 10.9 Å². The van der Waals surface area contributed by atoms with Gasteiger partial charge in [-0.05, 0) is 25.8 Å². The summed E-state index contributed by atoms with van der Waals surface area (Å²) < 4.78 is 0. The minimum Gasteiger partial charge on any atom is -0.356 e. The Morgan fingerprint density at radius 2 is 2.12 bits per heavy atom. The zero-order chi connectivity index (χ0) is 11.4. The van der Waals surface area contributed by atoms with E-state index in [1.807, 2.05) is 6.07 Å². The number of nitrogens with one attached hydrogen (secondary N) is 1. The summed E-state index contributed by atoms with van der Waals surface area (Å²) in [5.41, 5.74) is 6.09. The van der Waals surface area contributed by atoms with Crippen molar-refractivity contribution in [3.05, 3.63) is 22.2 Å². The molecule has 3 N–H and O–H groups in total. The zero-order valence-electron chi connectivity index (χ0n) is 9.41. The van der Waals surface area contributed by atoms with Crippen molar-refractivity contribution in [2.45, 2.75) is 25.7 Å². The van der Waals surface area contributed by atoms with Gasteiger partial charge in [-0.1, -0.05) is 0 Å². The third-order valence-electron chi connectivity index (χ3n) is 2.88. The minimum atomic E-state index is -0.272. The topological polar surface area (TPSA) is 75.0 Å². The van der Waals surface area contributed by atoms with Crippen LogP contribution >= 0.6 is 0 Å². The molecule has 0 aromatic carbocycles. The van der Waals surface area contributed by atoms with Crippen molar-refractivity contribution in [3.8, 4) is 0 Å². The Morgan fingerprint density at radius 1 is 1.38 bits per heavy atom. The largest absolute Gasteiger partial charge is 0.356 e. The second-order valence-electron chi connectivity index (χ2n) is 4.16. The molecule has 0 bridgehead atoms. The van der Waals surface area contributed by atoms with Crippen LogP contribution in [0.1, 0.15) is 25.0 Å². The van der Waals surface area contributed by atoms with Gasteiger partial charge in [-0.2, -0.15) is 4.98 Å². The second kappa shape index (κ2) is 5.12. The number of H-pyrrole nitrogens is 1. The van der Waals surface area contributed by atoms with Crippen LogP contribution in [0, 0.1) is 0 Å². The molecule has 1 aliphatic heterocycles. The fourth-order valence-corrected chi connectivity index (χ4v) is 2.07. The molecule has 0 amide bonds. The molecular weight excluding hydrogens is 204 g/mol. The molecule has 0 radical (unpaired) electrons. The Labute approximate surface area is 94.7 Å². The first-order valence-corrected chi connectivity index (χ1v) is 5.85. The highest BCUT2D eigenvalue weighted by atomic mass is 16.1. The molecule has 1 saturated heterocycles. The van der Waals surface area contributed by atoms with Gasteiger partial charge in [-0.25, -0.2) is 4.79 Å². The summed E-state index contributed by atoms with van der Waals surface area (Å²) in [4.78, 5) is 20.3. The highest BCUT2D eigenvalue weighted by molar-refractivity contribution is 5.39. The predicted molar refractivity (Wildman–Crippen MR) is 63.7 cm³/mol. The van der Waals surface area contributed by atoms with Crippen LogP contribution in [0.2, 0.25) is 0 Å². The highest BCUT2D eigenvalue weighted by Crippen LogP contribution is 2.16. The molecule has 0 aliphatic carbocycles. The van der Waals surface area contributed by atoms with Gasteiger partial charge in [0.25, 0.3) is 0 Å². The van der Waals surface area contributed by atoms with E-state index in [4.69, 9.17) is 5.73 Å². The lowest BCUT2D eigenvalue weighted by atomic mass is 10.1. The van der Waals surface area contributed by atoms with E-state index < -0.39 is 0 Å². The fraction of sp³-hybridized carbons (Fsp3) is 0.636. The summed E-state index contributed by atoms with van der Waals surface area (Å²) in [5.74, 6) is 0.798. The molecule has 1 aromatic rings. The summed E-state index contributed by atoms with van der Waals surface area (Å²) in [6.45, 7) is 2.54. The van der Waals surface area contributed by atoms with Crippen LogP contribution in [0.5, 0.6) is 0 Å². The molecular formula is C11H18N4O. The number of anilines is 1. The number of nitrogens with zero attached hydrogens (tertiary/aromatic N) is 2. The lowest BCUT2D eigenvalue weighted by Gasteiger charge is -2.27. The molecule has 5 nitrogen and oxygen atoms in total. The molecule has 1 fully saturated rings. The highest BCUT2D eigenvalue weighted by Gasteiger charge is 2.13. The summed E-state index contributed by atoms with van der Waals surface area (Å²) in [6, 6.07) is 1.94. The van der Waals surface area contributed by atoms with E-state index in [-0.39, 0.29) is 5.69 Å². The smallest absolute Gasteiger partial charge is 0.347 e. The van der Waals surface area contributed by atoms with Gasteiger partial charge in [-0.3, -0.25) is 0 Å². The van der Waals surface area contributed by atoms with Gasteiger partial charge in [-0.15, -0.1) is 0 Å². The van der Waals surface area contributed by atoms with E-state index in [0.717, 1.165) is 24.6 Å². The summed E-state index contributed by atoms with van der Waals surface area (Å²) in [5, 5.41) is 0. The monoisotopic (exact) mass is 222 g/mol. The maximum atomic E-state index is 11.4. The normalized spacial score (nSPS) is 16.4.